The normalized spacial score (nSPS) is 14.5. The van der Waals surface area contributed by atoms with Gasteiger partial charge in [0.1, 0.15) is 15.7 Å². The van der Waals surface area contributed by atoms with Crippen LogP contribution in [0.1, 0.15) is 38.3 Å². The highest BCUT2D eigenvalue weighted by Crippen LogP contribution is 2.31. The average Bonchev–Trinajstić information content (AvgIpc) is 2.31. The summed E-state index contributed by atoms with van der Waals surface area (Å²) in [6, 6.07) is 0. The molecule has 74 valence electrons. The van der Waals surface area contributed by atoms with Gasteiger partial charge >= 0.3 is 0 Å². The van der Waals surface area contributed by atoms with Crippen molar-refractivity contribution in [3.8, 4) is 0 Å². The fourth-order valence-electron chi connectivity index (χ4n) is 1.09. The summed E-state index contributed by atoms with van der Waals surface area (Å²) in [4.78, 5) is 4.18. The Bertz CT molecular complexity index is 279. The van der Waals surface area contributed by atoms with Crippen LogP contribution in [-0.2, 0) is 0 Å². The monoisotopic (exact) mass is 263 g/mol. The van der Waals surface area contributed by atoms with Gasteiger partial charge in [-0.05, 0) is 27.8 Å². The van der Waals surface area contributed by atoms with E-state index in [0.717, 1.165) is 16.0 Å². The average molecular weight is 264 g/mol. The lowest BCUT2D eigenvalue weighted by molar-refractivity contribution is 0.122. The first kappa shape index (κ1) is 11.1. The molecule has 13 heavy (non-hydrogen) atoms. The van der Waals surface area contributed by atoms with Crippen LogP contribution in [0.15, 0.2) is 9.98 Å². The fraction of sp³-hybridized carbons (Fsp3) is 0.667. The first-order chi connectivity index (χ1) is 5.88. The van der Waals surface area contributed by atoms with Crippen molar-refractivity contribution in [2.75, 3.05) is 0 Å². The maximum atomic E-state index is 9.80. The van der Waals surface area contributed by atoms with Gasteiger partial charge in [0.25, 0.3) is 0 Å². The molecule has 1 heterocycles. The van der Waals surface area contributed by atoms with Crippen LogP contribution < -0.4 is 0 Å². The van der Waals surface area contributed by atoms with Crippen LogP contribution in [0.2, 0.25) is 0 Å². The molecule has 0 aliphatic carbocycles. The number of rotatable bonds is 2. The van der Waals surface area contributed by atoms with Crippen LogP contribution in [0.5, 0.6) is 0 Å². The van der Waals surface area contributed by atoms with Crippen LogP contribution in [-0.4, -0.2) is 10.1 Å². The van der Waals surface area contributed by atoms with Crippen molar-refractivity contribution in [3.63, 3.8) is 0 Å². The number of thiazole rings is 1. The molecule has 0 saturated carbocycles. The van der Waals surface area contributed by atoms with E-state index >= 15 is 0 Å². The Balaban J connectivity index is 2.64. The summed E-state index contributed by atoms with van der Waals surface area (Å²) < 4.78 is 0.806. The van der Waals surface area contributed by atoms with Crippen molar-refractivity contribution < 1.29 is 5.11 Å². The summed E-state index contributed by atoms with van der Waals surface area (Å²) in [6.45, 7) is 6.33. The van der Waals surface area contributed by atoms with Gasteiger partial charge in [-0.1, -0.05) is 20.8 Å². The Morgan fingerprint density at radius 3 is 2.62 bits per heavy atom. The number of hydrogen-bond donors (Lipinski definition) is 1. The molecule has 0 fully saturated rings. The number of aliphatic hydroxyl groups is 1. The molecule has 1 unspecified atom stereocenters. The topological polar surface area (TPSA) is 33.1 Å². The van der Waals surface area contributed by atoms with E-state index in [1.807, 2.05) is 5.38 Å². The highest BCUT2D eigenvalue weighted by atomic mass is 79.9. The van der Waals surface area contributed by atoms with Gasteiger partial charge in [0, 0.05) is 5.38 Å². The maximum Gasteiger partial charge on any atom is 0.123 e. The van der Waals surface area contributed by atoms with Crippen LogP contribution in [0.4, 0.5) is 0 Å². The Morgan fingerprint density at radius 1 is 1.62 bits per heavy atom. The van der Waals surface area contributed by atoms with E-state index < -0.39 is 6.10 Å². The fourth-order valence-corrected chi connectivity index (χ4v) is 2.34. The van der Waals surface area contributed by atoms with Crippen molar-refractivity contribution in [1.29, 1.82) is 0 Å². The van der Waals surface area contributed by atoms with Crippen LogP contribution in [0.3, 0.4) is 0 Å². The summed E-state index contributed by atoms with van der Waals surface area (Å²) in [5.41, 5.74) is 0.136. The second-order valence-electron chi connectivity index (χ2n) is 4.29. The van der Waals surface area contributed by atoms with Crippen LogP contribution >= 0.6 is 27.3 Å². The van der Waals surface area contributed by atoms with Gasteiger partial charge in [-0.2, -0.15) is 0 Å². The van der Waals surface area contributed by atoms with Crippen molar-refractivity contribution in [2.24, 2.45) is 5.41 Å². The molecule has 0 aliphatic heterocycles. The van der Waals surface area contributed by atoms with Crippen molar-refractivity contribution in [1.82, 2.24) is 4.98 Å². The van der Waals surface area contributed by atoms with Crippen molar-refractivity contribution in [2.45, 2.75) is 33.3 Å². The maximum absolute atomic E-state index is 9.80. The molecule has 0 radical (unpaired) electrons. The van der Waals surface area contributed by atoms with E-state index in [9.17, 15) is 5.11 Å². The van der Waals surface area contributed by atoms with E-state index in [4.69, 9.17) is 0 Å². The largest absolute Gasteiger partial charge is 0.386 e. The second-order valence-corrected chi connectivity index (χ2v) is 5.99. The summed E-state index contributed by atoms with van der Waals surface area (Å²) in [5, 5.41) is 12.5. The molecule has 1 N–H and O–H groups in total. The highest BCUT2D eigenvalue weighted by molar-refractivity contribution is 9.10. The lowest BCUT2D eigenvalue weighted by Crippen LogP contribution is -2.11. The predicted octanol–water partition coefficient (Wildman–Crippen LogP) is 3.38. The molecule has 4 heteroatoms. The molecule has 1 atom stereocenters. The minimum absolute atomic E-state index is 0.136. The number of halogens is 1. The van der Waals surface area contributed by atoms with Gasteiger partial charge < -0.3 is 5.11 Å². The van der Waals surface area contributed by atoms with E-state index in [1.165, 1.54) is 11.3 Å². The minimum Gasteiger partial charge on any atom is -0.386 e. The van der Waals surface area contributed by atoms with Crippen molar-refractivity contribution >= 4 is 27.3 Å². The van der Waals surface area contributed by atoms with Crippen LogP contribution in [0, 0.1) is 5.41 Å². The summed E-state index contributed by atoms with van der Waals surface area (Å²) in [6.07, 6.45) is 0.309. The lowest BCUT2D eigenvalue weighted by atomic mass is 9.89. The molecule has 0 saturated heterocycles. The summed E-state index contributed by atoms with van der Waals surface area (Å²) in [5.74, 6) is 0. The number of hydrogen-bond acceptors (Lipinski definition) is 3. The minimum atomic E-state index is -0.434. The van der Waals surface area contributed by atoms with Crippen molar-refractivity contribution in [3.05, 3.63) is 15.0 Å². The first-order valence-electron chi connectivity index (χ1n) is 4.17. The molecular formula is C9H14BrNOS. The molecule has 1 rings (SSSR count). The Hall–Kier alpha value is 0.0700. The molecule has 0 aliphatic rings. The van der Waals surface area contributed by atoms with E-state index in [0.29, 0.717) is 0 Å². The van der Waals surface area contributed by atoms with E-state index in [2.05, 4.69) is 41.7 Å². The Kier molecular flexibility index (Phi) is 3.49. The summed E-state index contributed by atoms with van der Waals surface area (Å²) in [7, 11) is 0. The van der Waals surface area contributed by atoms with Crippen LogP contribution in [0.25, 0.3) is 0 Å². The molecule has 0 aromatic carbocycles. The smallest absolute Gasteiger partial charge is 0.123 e. The zero-order valence-electron chi connectivity index (χ0n) is 8.04. The highest BCUT2D eigenvalue weighted by Gasteiger charge is 2.20. The van der Waals surface area contributed by atoms with Gasteiger partial charge in [-0.15, -0.1) is 11.3 Å². The van der Waals surface area contributed by atoms with Gasteiger partial charge in [-0.3, -0.25) is 0 Å². The summed E-state index contributed by atoms with van der Waals surface area (Å²) >= 11 is 4.76. The van der Waals surface area contributed by atoms with E-state index in [-0.39, 0.29) is 5.41 Å². The molecule has 1 aromatic heterocycles. The zero-order valence-corrected chi connectivity index (χ0v) is 10.4. The van der Waals surface area contributed by atoms with E-state index in [1.54, 1.807) is 0 Å². The molecule has 0 bridgehead atoms. The molecule has 0 spiro atoms. The number of aromatic nitrogens is 1. The van der Waals surface area contributed by atoms with Gasteiger partial charge in [0.2, 0.25) is 0 Å². The third-order valence-corrected chi connectivity index (χ3v) is 3.24. The third kappa shape index (κ3) is 3.75. The molecule has 2 nitrogen and oxygen atoms in total. The molecule has 0 amide bonds. The SMILES string of the molecule is CC(C)(C)CC(O)c1nc(Br)cs1. The Labute approximate surface area is 91.1 Å². The number of nitrogens with zero attached hydrogens (tertiary/aromatic N) is 1. The molecular weight excluding hydrogens is 250 g/mol. The molecule has 1 aromatic rings. The first-order valence-corrected chi connectivity index (χ1v) is 5.85. The zero-order chi connectivity index (χ0) is 10.1. The van der Waals surface area contributed by atoms with Gasteiger partial charge in [0.15, 0.2) is 0 Å². The standard InChI is InChI=1S/C9H14BrNOS/c1-9(2,3)4-6(12)8-11-7(10)5-13-8/h5-6,12H,4H2,1-3H3. The lowest BCUT2D eigenvalue weighted by Gasteiger charge is -2.20. The van der Waals surface area contributed by atoms with Gasteiger partial charge in [0.05, 0.1) is 0 Å². The second kappa shape index (κ2) is 4.07. The van der Waals surface area contributed by atoms with Gasteiger partial charge in [-0.25, -0.2) is 4.98 Å². The quantitative estimate of drug-likeness (QED) is 0.888. The predicted molar refractivity (Wildman–Crippen MR) is 58.8 cm³/mol. The Morgan fingerprint density at radius 2 is 2.23 bits per heavy atom. The number of aliphatic hydroxyl groups excluding tert-OH is 1. The third-order valence-electron chi connectivity index (χ3n) is 1.58.